The Bertz CT molecular complexity index is 473. The summed E-state index contributed by atoms with van der Waals surface area (Å²) in [5.41, 5.74) is 1.59. The maximum atomic E-state index is 11.5. The zero-order valence-electron chi connectivity index (χ0n) is 7.35. The molecule has 0 aliphatic rings. The predicted molar refractivity (Wildman–Crippen MR) is 57.1 cm³/mol. The number of thiazole rings is 1. The van der Waals surface area contributed by atoms with Crippen molar-refractivity contribution in [2.45, 2.75) is 0 Å². The van der Waals surface area contributed by atoms with Crippen LogP contribution in [0.25, 0.3) is 0 Å². The summed E-state index contributed by atoms with van der Waals surface area (Å²) in [5, 5.41) is 2.68. The van der Waals surface area contributed by atoms with E-state index in [4.69, 9.17) is 11.6 Å². The van der Waals surface area contributed by atoms with Crippen LogP contribution in [0.3, 0.4) is 0 Å². The van der Waals surface area contributed by atoms with Gasteiger partial charge in [-0.1, -0.05) is 0 Å². The maximum absolute atomic E-state index is 11.5. The SMILES string of the molecule is O=C(Nc1ccnc(Cl)n1)c1cncs1. The molecule has 0 unspecified atom stereocenters. The van der Waals surface area contributed by atoms with Crippen LogP contribution in [0.4, 0.5) is 5.82 Å². The van der Waals surface area contributed by atoms with E-state index in [-0.39, 0.29) is 11.2 Å². The van der Waals surface area contributed by atoms with Crippen molar-refractivity contribution in [3.63, 3.8) is 0 Å². The van der Waals surface area contributed by atoms with Crippen LogP contribution in [0.5, 0.6) is 0 Å². The number of anilines is 1. The monoisotopic (exact) mass is 240 g/mol. The lowest BCUT2D eigenvalue weighted by Crippen LogP contribution is -2.11. The molecule has 1 amide bonds. The summed E-state index contributed by atoms with van der Waals surface area (Å²) in [6.45, 7) is 0. The summed E-state index contributed by atoms with van der Waals surface area (Å²) in [7, 11) is 0. The number of aromatic nitrogens is 3. The third-order valence-corrected chi connectivity index (χ3v) is 2.48. The van der Waals surface area contributed by atoms with Crippen LogP contribution in [0, 0.1) is 0 Å². The van der Waals surface area contributed by atoms with Gasteiger partial charge < -0.3 is 5.32 Å². The summed E-state index contributed by atoms with van der Waals surface area (Å²) in [4.78, 5) is 23.4. The molecule has 0 aromatic carbocycles. The molecule has 0 saturated carbocycles. The Morgan fingerprint density at radius 1 is 1.53 bits per heavy atom. The van der Waals surface area contributed by atoms with Gasteiger partial charge in [-0.2, -0.15) is 0 Å². The minimum absolute atomic E-state index is 0.0945. The van der Waals surface area contributed by atoms with E-state index in [9.17, 15) is 4.79 Å². The minimum Gasteiger partial charge on any atom is -0.306 e. The molecule has 7 heteroatoms. The number of hydrogen-bond donors (Lipinski definition) is 1. The molecule has 0 spiro atoms. The van der Waals surface area contributed by atoms with Gasteiger partial charge in [0.25, 0.3) is 5.91 Å². The van der Waals surface area contributed by atoms with Gasteiger partial charge in [-0.3, -0.25) is 9.78 Å². The lowest BCUT2D eigenvalue weighted by molar-refractivity contribution is 0.103. The van der Waals surface area contributed by atoms with Gasteiger partial charge in [-0.15, -0.1) is 11.3 Å². The summed E-state index contributed by atoms with van der Waals surface area (Å²) < 4.78 is 0. The predicted octanol–water partition coefficient (Wildman–Crippen LogP) is 1.84. The number of nitrogens with one attached hydrogen (secondary N) is 1. The number of rotatable bonds is 2. The molecule has 2 heterocycles. The molecule has 0 bridgehead atoms. The Hall–Kier alpha value is -1.53. The van der Waals surface area contributed by atoms with Gasteiger partial charge in [-0.25, -0.2) is 9.97 Å². The Balaban J connectivity index is 2.13. The van der Waals surface area contributed by atoms with Crippen molar-refractivity contribution in [3.8, 4) is 0 Å². The van der Waals surface area contributed by atoms with Crippen LogP contribution < -0.4 is 5.32 Å². The second-order valence-electron chi connectivity index (χ2n) is 2.53. The van der Waals surface area contributed by atoms with Crippen molar-refractivity contribution in [1.29, 1.82) is 0 Å². The quantitative estimate of drug-likeness (QED) is 0.814. The molecule has 1 N–H and O–H groups in total. The number of carbonyl (C=O) groups excluding carboxylic acids is 1. The third-order valence-electron chi connectivity index (χ3n) is 1.52. The lowest BCUT2D eigenvalue weighted by atomic mass is 10.5. The van der Waals surface area contributed by atoms with E-state index in [1.54, 1.807) is 11.6 Å². The smallest absolute Gasteiger partial charge is 0.268 e. The van der Waals surface area contributed by atoms with E-state index in [1.165, 1.54) is 23.7 Å². The fourth-order valence-electron chi connectivity index (χ4n) is 0.910. The normalized spacial score (nSPS) is 9.93. The average Bonchev–Trinajstić information content (AvgIpc) is 2.70. The first-order valence-corrected chi connectivity index (χ1v) is 5.20. The number of hydrogen-bond acceptors (Lipinski definition) is 5. The molecule has 5 nitrogen and oxygen atoms in total. The topological polar surface area (TPSA) is 67.8 Å². The number of amides is 1. The zero-order valence-corrected chi connectivity index (χ0v) is 8.92. The maximum Gasteiger partial charge on any atom is 0.268 e. The highest BCUT2D eigenvalue weighted by Crippen LogP contribution is 2.10. The first-order valence-electron chi connectivity index (χ1n) is 3.94. The van der Waals surface area contributed by atoms with Crippen LogP contribution in [0.1, 0.15) is 9.67 Å². The number of nitrogens with zero attached hydrogens (tertiary/aromatic N) is 3. The molecule has 0 fully saturated rings. The fourth-order valence-corrected chi connectivity index (χ4v) is 1.57. The van der Waals surface area contributed by atoms with E-state index < -0.39 is 0 Å². The van der Waals surface area contributed by atoms with Gasteiger partial charge in [-0.05, 0) is 17.7 Å². The molecule has 0 aliphatic carbocycles. The Labute approximate surface area is 94.2 Å². The van der Waals surface area contributed by atoms with Crippen LogP contribution in [-0.4, -0.2) is 20.9 Å². The third kappa shape index (κ3) is 2.48. The van der Waals surface area contributed by atoms with Crippen molar-refractivity contribution in [1.82, 2.24) is 15.0 Å². The Morgan fingerprint density at radius 3 is 3.07 bits per heavy atom. The standard InChI is InChI=1S/C8H5ClN4OS/c9-8-11-2-1-6(13-8)12-7(14)5-3-10-4-15-5/h1-4H,(H,11,12,13,14). The van der Waals surface area contributed by atoms with Crippen molar-refractivity contribution in [2.75, 3.05) is 5.32 Å². The van der Waals surface area contributed by atoms with Gasteiger partial charge in [0.15, 0.2) is 0 Å². The largest absolute Gasteiger partial charge is 0.306 e. The van der Waals surface area contributed by atoms with Crippen LogP contribution in [-0.2, 0) is 0 Å². The van der Waals surface area contributed by atoms with Gasteiger partial charge >= 0.3 is 0 Å². The highest BCUT2D eigenvalue weighted by Gasteiger charge is 2.08. The van der Waals surface area contributed by atoms with Crippen LogP contribution in [0.2, 0.25) is 5.28 Å². The summed E-state index contributed by atoms with van der Waals surface area (Å²) in [5.74, 6) is 0.112. The zero-order chi connectivity index (χ0) is 10.7. The molecule has 0 aliphatic heterocycles. The van der Waals surface area contributed by atoms with Crippen molar-refractivity contribution < 1.29 is 4.79 Å². The lowest BCUT2D eigenvalue weighted by Gasteiger charge is -2.01. The van der Waals surface area contributed by atoms with Gasteiger partial charge in [0.2, 0.25) is 5.28 Å². The molecule has 0 atom stereocenters. The van der Waals surface area contributed by atoms with Crippen LogP contribution >= 0.6 is 22.9 Å². The average molecular weight is 241 g/mol. The number of carbonyl (C=O) groups is 1. The van der Waals surface area contributed by atoms with Gasteiger partial charge in [0.1, 0.15) is 10.7 Å². The Morgan fingerprint density at radius 2 is 2.40 bits per heavy atom. The highest BCUT2D eigenvalue weighted by atomic mass is 35.5. The molecule has 2 rings (SSSR count). The molecule has 15 heavy (non-hydrogen) atoms. The molecular formula is C8H5ClN4OS. The summed E-state index contributed by atoms with van der Waals surface area (Å²) in [6.07, 6.45) is 2.96. The van der Waals surface area contributed by atoms with E-state index >= 15 is 0 Å². The second kappa shape index (κ2) is 4.33. The van der Waals surface area contributed by atoms with Crippen molar-refractivity contribution in [3.05, 3.63) is 34.1 Å². The molecule has 0 radical (unpaired) electrons. The molecule has 76 valence electrons. The first-order chi connectivity index (χ1) is 7.25. The Kier molecular flexibility index (Phi) is 2.89. The van der Waals surface area contributed by atoms with E-state index in [0.717, 1.165) is 0 Å². The molecule has 2 aromatic heterocycles. The van der Waals surface area contributed by atoms with Crippen LogP contribution in [0.15, 0.2) is 24.0 Å². The van der Waals surface area contributed by atoms with Crippen molar-refractivity contribution in [2.24, 2.45) is 0 Å². The minimum atomic E-state index is -0.257. The second-order valence-corrected chi connectivity index (χ2v) is 3.76. The summed E-state index contributed by atoms with van der Waals surface area (Å²) in [6, 6.07) is 1.56. The highest BCUT2D eigenvalue weighted by molar-refractivity contribution is 7.11. The van der Waals surface area contributed by atoms with Gasteiger partial charge in [0, 0.05) is 6.20 Å². The molecule has 2 aromatic rings. The van der Waals surface area contributed by atoms with Gasteiger partial charge in [0.05, 0.1) is 11.7 Å². The molecular weight excluding hydrogens is 236 g/mol. The van der Waals surface area contributed by atoms with Crippen molar-refractivity contribution >= 4 is 34.7 Å². The molecule has 0 saturated heterocycles. The van der Waals surface area contributed by atoms with E-state index in [2.05, 4.69) is 20.3 Å². The fraction of sp³-hybridized carbons (Fsp3) is 0. The number of halogens is 1. The van der Waals surface area contributed by atoms with E-state index in [0.29, 0.717) is 10.7 Å². The summed E-state index contributed by atoms with van der Waals surface area (Å²) >= 11 is 6.82. The first kappa shape index (κ1) is 10.0. The van der Waals surface area contributed by atoms with E-state index in [1.807, 2.05) is 0 Å².